The number of nitrogens with one attached hydrogen (secondary N) is 1. The van der Waals surface area contributed by atoms with Gasteiger partial charge in [0.15, 0.2) is 0 Å². The maximum Gasteiger partial charge on any atom is 0.271 e. The highest BCUT2D eigenvalue weighted by molar-refractivity contribution is 6.30. The van der Waals surface area contributed by atoms with Crippen molar-refractivity contribution in [2.75, 3.05) is 0 Å². The van der Waals surface area contributed by atoms with Gasteiger partial charge in [-0.2, -0.15) is 5.10 Å². The second-order valence-corrected chi connectivity index (χ2v) is 5.52. The molecule has 0 radical (unpaired) electrons. The third-order valence-electron chi connectivity index (χ3n) is 3.30. The number of halogens is 1. The number of nitrogens with zero attached hydrogens (tertiary/aromatic N) is 1. The summed E-state index contributed by atoms with van der Waals surface area (Å²) in [4.78, 5) is 12.0. The SMILES string of the molecule is CC[C@@H](C)Oc1ccccc1/C=N\NC(=O)c1ccc(Cl)cc1. The van der Waals surface area contributed by atoms with Crippen molar-refractivity contribution < 1.29 is 9.53 Å². The normalized spacial score (nSPS) is 12.1. The number of benzene rings is 2. The lowest BCUT2D eigenvalue weighted by atomic mass is 10.2. The molecule has 0 fully saturated rings. The maximum atomic E-state index is 12.0. The van der Waals surface area contributed by atoms with Crippen molar-refractivity contribution in [1.29, 1.82) is 0 Å². The first-order valence-electron chi connectivity index (χ1n) is 7.44. The topological polar surface area (TPSA) is 50.7 Å². The van der Waals surface area contributed by atoms with Crippen molar-refractivity contribution in [3.8, 4) is 5.75 Å². The molecule has 0 spiro atoms. The Bertz CT molecular complexity index is 684. The van der Waals surface area contributed by atoms with Crippen LogP contribution in [0.15, 0.2) is 53.6 Å². The molecule has 2 aromatic carbocycles. The molecule has 1 N–H and O–H groups in total. The van der Waals surface area contributed by atoms with E-state index in [2.05, 4.69) is 17.5 Å². The average Bonchev–Trinajstić information content (AvgIpc) is 2.56. The molecule has 0 aliphatic heterocycles. The Balaban J connectivity index is 2.03. The Labute approximate surface area is 141 Å². The van der Waals surface area contributed by atoms with E-state index in [0.717, 1.165) is 17.7 Å². The summed E-state index contributed by atoms with van der Waals surface area (Å²) in [6.07, 6.45) is 2.61. The van der Waals surface area contributed by atoms with Crippen LogP contribution in [0.25, 0.3) is 0 Å². The second-order valence-electron chi connectivity index (χ2n) is 5.08. The first-order valence-corrected chi connectivity index (χ1v) is 7.82. The molecular weight excluding hydrogens is 312 g/mol. The van der Waals surface area contributed by atoms with Crippen LogP contribution in [0.5, 0.6) is 5.75 Å². The lowest BCUT2D eigenvalue weighted by Gasteiger charge is -2.14. The number of amides is 1. The smallest absolute Gasteiger partial charge is 0.271 e. The van der Waals surface area contributed by atoms with E-state index in [1.807, 2.05) is 31.2 Å². The van der Waals surface area contributed by atoms with E-state index in [9.17, 15) is 4.79 Å². The van der Waals surface area contributed by atoms with Gasteiger partial charge in [0.1, 0.15) is 5.75 Å². The minimum atomic E-state index is -0.293. The number of ether oxygens (including phenoxy) is 1. The van der Waals surface area contributed by atoms with E-state index in [-0.39, 0.29) is 12.0 Å². The molecule has 0 aromatic heterocycles. The van der Waals surface area contributed by atoms with Gasteiger partial charge in [0, 0.05) is 16.1 Å². The van der Waals surface area contributed by atoms with Crippen LogP contribution in [0, 0.1) is 0 Å². The molecule has 1 amide bonds. The van der Waals surface area contributed by atoms with Crippen molar-refractivity contribution >= 4 is 23.7 Å². The van der Waals surface area contributed by atoms with Gasteiger partial charge in [-0.15, -0.1) is 0 Å². The average molecular weight is 331 g/mol. The summed E-state index contributed by atoms with van der Waals surface area (Å²) < 4.78 is 5.83. The quantitative estimate of drug-likeness (QED) is 0.634. The van der Waals surface area contributed by atoms with E-state index in [1.165, 1.54) is 0 Å². The van der Waals surface area contributed by atoms with Crippen molar-refractivity contribution in [2.45, 2.75) is 26.4 Å². The van der Waals surface area contributed by atoms with Gasteiger partial charge in [0.2, 0.25) is 0 Å². The number of hydrazone groups is 1. The van der Waals surface area contributed by atoms with Gasteiger partial charge in [0.25, 0.3) is 5.91 Å². The zero-order valence-corrected chi connectivity index (χ0v) is 13.9. The van der Waals surface area contributed by atoms with Crippen LogP contribution in [0.4, 0.5) is 0 Å². The first kappa shape index (κ1) is 17.0. The largest absolute Gasteiger partial charge is 0.490 e. The summed E-state index contributed by atoms with van der Waals surface area (Å²) in [6, 6.07) is 14.2. The number of rotatable bonds is 6. The van der Waals surface area contributed by atoms with Crippen LogP contribution >= 0.6 is 11.6 Å². The molecule has 0 heterocycles. The number of hydrogen-bond donors (Lipinski definition) is 1. The van der Waals surface area contributed by atoms with Crippen molar-refractivity contribution in [2.24, 2.45) is 5.10 Å². The number of hydrogen-bond acceptors (Lipinski definition) is 3. The molecule has 0 saturated heterocycles. The lowest BCUT2D eigenvalue weighted by molar-refractivity contribution is 0.0955. The summed E-state index contributed by atoms with van der Waals surface area (Å²) in [5, 5.41) is 4.58. The number of carbonyl (C=O) groups excluding carboxylic acids is 1. The molecule has 4 nitrogen and oxygen atoms in total. The van der Waals surface area contributed by atoms with Gasteiger partial charge in [-0.05, 0) is 49.7 Å². The van der Waals surface area contributed by atoms with Crippen LogP contribution in [-0.4, -0.2) is 18.2 Å². The van der Waals surface area contributed by atoms with Gasteiger partial charge >= 0.3 is 0 Å². The molecule has 5 heteroatoms. The fraction of sp³-hybridized carbons (Fsp3) is 0.222. The molecule has 0 saturated carbocycles. The zero-order chi connectivity index (χ0) is 16.7. The van der Waals surface area contributed by atoms with Gasteiger partial charge in [0.05, 0.1) is 12.3 Å². The fourth-order valence-electron chi connectivity index (χ4n) is 1.82. The van der Waals surface area contributed by atoms with Crippen molar-refractivity contribution in [3.05, 3.63) is 64.7 Å². The minimum Gasteiger partial charge on any atom is -0.490 e. The Kier molecular flexibility index (Phi) is 6.18. The van der Waals surface area contributed by atoms with Crippen LogP contribution in [0.1, 0.15) is 36.2 Å². The van der Waals surface area contributed by atoms with Crippen LogP contribution in [-0.2, 0) is 0 Å². The van der Waals surface area contributed by atoms with E-state index < -0.39 is 0 Å². The highest BCUT2D eigenvalue weighted by Crippen LogP contribution is 2.18. The predicted molar refractivity (Wildman–Crippen MR) is 93.3 cm³/mol. The molecule has 0 aliphatic carbocycles. The highest BCUT2D eigenvalue weighted by atomic mass is 35.5. The Morgan fingerprint density at radius 2 is 1.96 bits per heavy atom. The van der Waals surface area contributed by atoms with Gasteiger partial charge in [-0.25, -0.2) is 5.43 Å². The monoisotopic (exact) mass is 330 g/mol. The Morgan fingerprint density at radius 3 is 2.65 bits per heavy atom. The molecule has 2 rings (SSSR count). The molecule has 0 unspecified atom stereocenters. The summed E-state index contributed by atoms with van der Waals surface area (Å²) in [5.41, 5.74) is 3.80. The fourth-order valence-corrected chi connectivity index (χ4v) is 1.95. The van der Waals surface area contributed by atoms with Crippen molar-refractivity contribution in [3.63, 3.8) is 0 Å². The molecule has 120 valence electrons. The summed E-state index contributed by atoms with van der Waals surface area (Å²) in [5.74, 6) is 0.449. The first-order chi connectivity index (χ1) is 11.1. The molecule has 1 atom stereocenters. The Hall–Kier alpha value is -2.33. The summed E-state index contributed by atoms with van der Waals surface area (Å²) >= 11 is 5.80. The van der Waals surface area contributed by atoms with Crippen LogP contribution in [0.2, 0.25) is 5.02 Å². The zero-order valence-electron chi connectivity index (χ0n) is 13.1. The van der Waals surface area contributed by atoms with E-state index in [4.69, 9.17) is 16.3 Å². The highest BCUT2D eigenvalue weighted by Gasteiger charge is 2.06. The molecule has 0 bridgehead atoms. The molecule has 23 heavy (non-hydrogen) atoms. The van der Waals surface area contributed by atoms with Gasteiger partial charge in [-0.1, -0.05) is 30.7 Å². The van der Waals surface area contributed by atoms with E-state index >= 15 is 0 Å². The van der Waals surface area contributed by atoms with E-state index in [1.54, 1.807) is 30.5 Å². The summed E-state index contributed by atoms with van der Waals surface area (Å²) in [6.45, 7) is 4.07. The second kappa shape index (κ2) is 8.34. The standard InChI is InChI=1S/C18H19ClN2O2/c1-3-13(2)23-17-7-5-4-6-15(17)12-20-21-18(22)14-8-10-16(19)11-9-14/h4-13H,3H2,1-2H3,(H,21,22)/b20-12-/t13-/m1/s1. The van der Waals surface area contributed by atoms with Gasteiger partial charge < -0.3 is 4.74 Å². The van der Waals surface area contributed by atoms with Crippen LogP contribution in [0.3, 0.4) is 0 Å². The third kappa shape index (κ3) is 5.11. The summed E-state index contributed by atoms with van der Waals surface area (Å²) in [7, 11) is 0. The molecule has 2 aromatic rings. The molecular formula is C18H19ClN2O2. The minimum absolute atomic E-state index is 0.119. The third-order valence-corrected chi connectivity index (χ3v) is 3.55. The van der Waals surface area contributed by atoms with Crippen molar-refractivity contribution in [1.82, 2.24) is 5.43 Å². The van der Waals surface area contributed by atoms with Gasteiger partial charge in [-0.3, -0.25) is 4.79 Å². The Morgan fingerprint density at radius 1 is 1.26 bits per heavy atom. The number of carbonyl (C=O) groups is 1. The predicted octanol–water partition coefficient (Wildman–Crippen LogP) is 4.28. The maximum absolute atomic E-state index is 12.0. The van der Waals surface area contributed by atoms with E-state index in [0.29, 0.717) is 10.6 Å². The molecule has 0 aliphatic rings. The van der Waals surface area contributed by atoms with Crippen LogP contribution < -0.4 is 10.2 Å². The lowest BCUT2D eigenvalue weighted by Crippen LogP contribution is -2.17. The number of para-hydroxylation sites is 1.